The smallest absolute Gasteiger partial charge is 0.410 e. The van der Waals surface area contributed by atoms with Gasteiger partial charge in [0.2, 0.25) is 0 Å². The molecule has 2 saturated heterocycles. The SMILES string of the molecule is CN1CCC[C@H]2CN(C(=O)Oc3ccccc3)CC[C@@H]21. The van der Waals surface area contributed by atoms with E-state index in [0.717, 1.165) is 19.5 Å². The number of carbonyl (C=O) groups is 1. The van der Waals surface area contributed by atoms with Crippen molar-refractivity contribution in [2.45, 2.75) is 25.3 Å². The number of nitrogens with zero attached hydrogens (tertiary/aromatic N) is 2. The Morgan fingerprint density at radius 3 is 2.80 bits per heavy atom. The monoisotopic (exact) mass is 274 g/mol. The van der Waals surface area contributed by atoms with E-state index in [1.807, 2.05) is 35.2 Å². The van der Waals surface area contributed by atoms with E-state index in [9.17, 15) is 4.79 Å². The van der Waals surface area contributed by atoms with Gasteiger partial charge in [-0.05, 0) is 50.9 Å². The molecule has 2 fully saturated rings. The number of piperidine rings is 2. The maximum atomic E-state index is 12.2. The summed E-state index contributed by atoms with van der Waals surface area (Å²) in [4.78, 5) is 16.5. The Morgan fingerprint density at radius 1 is 1.20 bits per heavy atom. The maximum Gasteiger partial charge on any atom is 0.415 e. The fourth-order valence-electron chi connectivity index (χ4n) is 3.47. The average molecular weight is 274 g/mol. The molecule has 4 nitrogen and oxygen atoms in total. The summed E-state index contributed by atoms with van der Waals surface area (Å²) in [6.07, 6.45) is 3.32. The van der Waals surface area contributed by atoms with Gasteiger partial charge in [0.05, 0.1) is 0 Å². The van der Waals surface area contributed by atoms with Gasteiger partial charge in [-0.3, -0.25) is 0 Å². The van der Waals surface area contributed by atoms with Gasteiger partial charge in [0.1, 0.15) is 5.75 Å². The number of likely N-dealkylation sites (tertiary alicyclic amines) is 2. The van der Waals surface area contributed by atoms with Gasteiger partial charge in [0, 0.05) is 19.1 Å². The van der Waals surface area contributed by atoms with Crippen molar-refractivity contribution in [2.24, 2.45) is 5.92 Å². The van der Waals surface area contributed by atoms with Crippen molar-refractivity contribution in [2.75, 3.05) is 26.7 Å². The number of rotatable bonds is 1. The van der Waals surface area contributed by atoms with Crippen LogP contribution < -0.4 is 4.74 Å². The molecule has 0 saturated carbocycles. The molecule has 2 heterocycles. The molecule has 108 valence electrons. The first-order valence-corrected chi connectivity index (χ1v) is 7.46. The molecule has 2 aliphatic heterocycles. The van der Waals surface area contributed by atoms with Crippen molar-refractivity contribution in [3.63, 3.8) is 0 Å². The summed E-state index contributed by atoms with van der Waals surface area (Å²) in [6.45, 7) is 2.83. The van der Waals surface area contributed by atoms with Crippen LogP contribution in [-0.2, 0) is 0 Å². The molecule has 0 spiro atoms. The number of hydrogen-bond acceptors (Lipinski definition) is 3. The molecule has 0 N–H and O–H groups in total. The third kappa shape index (κ3) is 2.80. The number of amides is 1. The fourth-order valence-corrected chi connectivity index (χ4v) is 3.47. The van der Waals surface area contributed by atoms with Crippen LogP contribution in [0, 0.1) is 5.92 Å². The van der Waals surface area contributed by atoms with Crippen LogP contribution in [0.3, 0.4) is 0 Å². The minimum Gasteiger partial charge on any atom is -0.410 e. The number of fused-ring (bicyclic) bond motifs is 1. The van der Waals surface area contributed by atoms with E-state index in [1.54, 1.807) is 0 Å². The van der Waals surface area contributed by atoms with Gasteiger partial charge in [0.25, 0.3) is 0 Å². The number of para-hydroxylation sites is 1. The summed E-state index contributed by atoms with van der Waals surface area (Å²) >= 11 is 0. The molecule has 0 aromatic heterocycles. The van der Waals surface area contributed by atoms with Crippen LogP contribution in [0.2, 0.25) is 0 Å². The second kappa shape index (κ2) is 5.83. The van der Waals surface area contributed by atoms with Crippen LogP contribution in [-0.4, -0.2) is 48.6 Å². The van der Waals surface area contributed by atoms with E-state index in [0.29, 0.717) is 17.7 Å². The topological polar surface area (TPSA) is 32.8 Å². The predicted octanol–water partition coefficient (Wildman–Crippen LogP) is 2.60. The quantitative estimate of drug-likeness (QED) is 0.789. The third-order valence-corrected chi connectivity index (χ3v) is 4.55. The molecule has 2 aliphatic rings. The molecule has 0 unspecified atom stereocenters. The van der Waals surface area contributed by atoms with Crippen LogP contribution >= 0.6 is 0 Å². The molecule has 1 aromatic carbocycles. The molecule has 4 heteroatoms. The molecular formula is C16H22N2O2. The molecular weight excluding hydrogens is 252 g/mol. The Morgan fingerprint density at radius 2 is 2.00 bits per heavy atom. The van der Waals surface area contributed by atoms with Crippen LogP contribution in [0.1, 0.15) is 19.3 Å². The average Bonchev–Trinajstić information content (AvgIpc) is 2.48. The Labute approximate surface area is 120 Å². The van der Waals surface area contributed by atoms with Crippen LogP contribution in [0.25, 0.3) is 0 Å². The highest BCUT2D eigenvalue weighted by molar-refractivity contribution is 5.70. The van der Waals surface area contributed by atoms with Gasteiger partial charge in [-0.15, -0.1) is 0 Å². The summed E-state index contributed by atoms with van der Waals surface area (Å²) in [7, 11) is 2.20. The number of benzene rings is 1. The van der Waals surface area contributed by atoms with Crippen molar-refractivity contribution >= 4 is 6.09 Å². The molecule has 2 atom stereocenters. The lowest BCUT2D eigenvalue weighted by atomic mass is 9.84. The van der Waals surface area contributed by atoms with Gasteiger partial charge in [-0.25, -0.2) is 4.79 Å². The number of ether oxygens (including phenoxy) is 1. The first-order chi connectivity index (χ1) is 9.74. The molecule has 0 bridgehead atoms. The predicted molar refractivity (Wildman–Crippen MR) is 77.8 cm³/mol. The molecule has 0 radical (unpaired) electrons. The van der Waals surface area contributed by atoms with Crippen LogP contribution in [0.4, 0.5) is 4.79 Å². The number of carbonyl (C=O) groups excluding carboxylic acids is 1. The van der Waals surface area contributed by atoms with Gasteiger partial charge < -0.3 is 14.5 Å². The molecule has 1 amide bonds. The van der Waals surface area contributed by atoms with Crippen molar-refractivity contribution in [1.82, 2.24) is 9.80 Å². The Hall–Kier alpha value is -1.55. The summed E-state index contributed by atoms with van der Waals surface area (Å²) < 4.78 is 5.43. The van der Waals surface area contributed by atoms with E-state index in [4.69, 9.17) is 4.74 Å². The Kier molecular flexibility index (Phi) is 3.92. The summed E-state index contributed by atoms with van der Waals surface area (Å²) in [5.41, 5.74) is 0. The highest BCUT2D eigenvalue weighted by Gasteiger charge is 2.36. The lowest BCUT2D eigenvalue weighted by molar-refractivity contribution is 0.0419. The molecule has 1 aromatic rings. The zero-order valence-corrected chi connectivity index (χ0v) is 12.0. The fraction of sp³-hybridized carbons (Fsp3) is 0.562. The third-order valence-electron chi connectivity index (χ3n) is 4.55. The van der Waals surface area contributed by atoms with E-state index >= 15 is 0 Å². The number of hydrogen-bond donors (Lipinski definition) is 0. The molecule has 3 rings (SSSR count). The van der Waals surface area contributed by atoms with Crippen LogP contribution in [0.15, 0.2) is 30.3 Å². The largest absolute Gasteiger partial charge is 0.415 e. The summed E-state index contributed by atoms with van der Waals surface area (Å²) in [6, 6.07) is 9.96. The van der Waals surface area contributed by atoms with Gasteiger partial charge in [-0.1, -0.05) is 18.2 Å². The first-order valence-electron chi connectivity index (χ1n) is 7.46. The minimum atomic E-state index is -0.206. The maximum absolute atomic E-state index is 12.2. The normalized spacial score (nSPS) is 26.9. The van der Waals surface area contributed by atoms with Crippen molar-refractivity contribution in [3.8, 4) is 5.75 Å². The lowest BCUT2D eigenvalue weighted by Crippen LogP contribution is -2.54. The van der Waals surface area contributed by atoms with Gasteiger partial charge in [-0.2, -0.15) is 0 Å². The highest BCUT2D eigenvalue weighted by atomic mass is 16.6. The molecule has 20 heavy (non-hydrogen) atoms. The first kappa shape index (κ1) is 13.4. The molecule has 0 aliphatic carbocycles. The second-order valence-electron chi connectivity index (χ2n) is 5.87. The van der Waals surface area contributed by atoms with Crippen LogP contribution in [0.5, 0.6) is 5.75 Å². The van der Waals surface area contributed by atoms with Crippen molar-refractivity contribution in [1.29, 1.82) is 0 Å². The standard InChI is InChI=1S/C16H22N2O2/c1-17-10-5-6-13-12-18(11-9-15(13)17)16(19)20-14-7-3-2-4-8-14/h2-4,7-8,13,15H,5-6,9-12H2,1H3/t13-,15-/m0/s1. The van der Waals surface area contributed by atoms with Crippen molar-refractivity contribution in [3.05, 3.63) is 30.3 Å². The van der Waals surface area contributed by atoms with Crippen molar-refractivity contribution < 1.29 is 9.53 Å². The summed E-state index contributed by atoms with van der Waals surface area (Å²) in [5, 5.41) is 0. The zero-order chi connectivity index (χ0) is 13.9. The van der Waals surface area contributed by atoms with E-state index < -0.39 is 0 Å². The van der Waals surface area contributed by atoms with Gasteiger partial charge >= 0.3 is 6.09 Å². The summed E-state index contributed by atoms with van der Waals surface area (Å²) in [5.74, 6) is 1.23. The Balaban J connectivity index is 1.60. The second-order valence-corrected chi connectivity index (χ2v) is 5.87. The Bertz CT molecular complexity index is 463. The highest BCUT2D eigenvalue weighted by Crippen LogP contribution is 2.29. The van der Waals surface area contributed by atoms with E-state index in [1.165, 1.54) is 19.4 Å². The zero-order valence-electron chi connectivity index (χ0n) is 12.0. The minimum absolute atomic E-state index is 0.206. The van der Waals surface area contributed by atoms with E-state index in [2.05, 4.69) is 11.9 Å². The lowest BCUT2D eigenvalue weighted by Gasteiger charge is -2.45. The van der Waals surface area contributed by atoms with Gasteiger partial charge in [0.15, 0.2) is 0 Å². The van der Waals surface area contributed by atoms with E-state index in [-0.39, 0.29) is 6.09 Å².